The zero-order valence-corrected chi connectivity index (χ0v) is 11.0. The first kappa shape index (κ1) is 13.0. The third-order valence-corrected chi connectivity index (χ3v) is 4.13. The molecule has 0 bridgehead atoms. The number of sulfonamides is 1. The minimum absolute atomic E-state index is 0.188. The molecule has 0 atom stereocenters. The summed E-state index contributed by atoms with van der Waals surface area (Å²) >= 11 is 5.31. The van der Waals surface area contributed by atoms with Crippen molar-refractivity contribution in [1.82, 2.24) is 5.32 Å². The Hall–Kier alpha value is -1.47. The highest BCUT2D eigenvalue weighted by atomic mass is 35.5. The van der Waals surface area contributed by atoms with Gasteiger partial charge in [-0.25, -0.2) is 13.2 Å². The number of rotatable bonds is 4. The fourth-order valence-electron chi connectivity index (χ4n) is 1.66. The molecule has 2 rings (SSSR count). The second kappa shape index (κ2) is 5.03. The predicted molar refractivity (Wildman–Crippen MR) is 70.4 cm³/mol. The van der Waals surface area contributed by atoms with Gasteiger partial charge in [0.25, 0.3) is 0 Å². The Labute approximate surface area is 110 Å². The normalized spacial score (nSPS) is 15.6. The summed E-state index contributed by atoms with van der Waals surface area (Å²) in [4.78, 5) is 13.0. The molecule has 1 aromatic rings. The minimum Gasteiger partial charge on any atom is -0.336 e. The molecule has 1 aliphatic rings. The molecule has 0 aromatic heterocycles. The Kier molecular flexibility index (Phi) is 3.63. The molecule has 18 heavy (non-hydrogen) atoms. The molecule has 8 heteroatoms. The Balaban J connectivity index is 2.22. The van der Waals surface area contributed by atoms with E-state index >= 15 is 0 Å². The Morgan fingerprint density at radius 1 is 1.44 bits per heavy atom. The fourth-order valence-corrected chi connectivity index (χ4v) is 2.37. The van der Waals surface area contributed by atoms with Gasteiger partial charge in [0.15, 0.2) is 0 Å². The quantitative estimate of drug-likeness (QED) is 0.816. The number of hydrogen-bond acceptors (Lipinski definition) is 3. The number of carbonyl (C=O) groups excluding carboxylic acids is 1. The molecule has 1 aliphatic heterocycles. The zero-order chi connectivity index (χ0) is 13.2. The van der Waals surface area contributed by atoms with Crippen LogP contribution in [0.3, 0.4) is 0 Å². The second-order valence-corrected chi connectivity index (χ2v) is 6.07. The van der Waals surface area contributed by atoms with Crippen LogP contribution in [0.5, 0.6) is 0 Å². The summed E-state index contributed by atoms with van der Waals surface area (Å²) in [6, 6.07) is 6.42. The number of amides is 2. The van der Waals surface area contributed by atoms with Gasteiger partial charge in [-0.15, -0.1) is 11.6 Å². The third kappa shape index (κ3) is 2.85. The van der Waals surface area contributed by atoms with Gasteiger partial charge < -0.3 is 5.32 Å². The second-order valence-electron chi connectivity index (χ2n) is 3.76. The Morgan fingerprint density at radius 2 is 2.22 bits per heavy atom. The van der Waals surface area contributed by atoms with E-state index in [1.807, 2.05) is 0 Å². The molecule has 2 amide bonds. The first-order chi connectivity index (χ1) is 8.52. The van der Waals surface area contributed by atoms with E-state index in [-0.39, 0.29) is 6.03 Å². The van der Waals surface area contributed by atoms with Crippen LogP contribution >= 0.6 is 11.6 Å². The van der Waals surface area contributed by atoms with E-state index in [0.717, 1.165) is 0 Å². The molecule has 0 aliphatic carbocycles. The van der Waals surface area contributed by atoms with Crippen LogP contribution in [-0.2, 0) is 10.0 Å². The molecular weight excluding hydrogens is 278 g/mol. The van der Waals surface area contributed by atoms with Crippen molar-refractivity contribution in [3.63, 3.8) is 0 Å². The molecule has 0 spiro atoms. The number of urea groups is 1. The number of nitrogens with zero attached hydrogens (tertiary/aromatic N) is 1. The SMILES string of the molecule is O=C1NCCN1c1cccc(NS(=O)(=O)CCl)c1. The van der Waals surface area contributed by atoms with Gasteiger partial charge in [0, 0.05) is 18.8 Å². The summed E-state index contributed by atoms with van der Waals surface area (Å²) in [5.41, 5.74) is 1.02. The molecule has 0 unspecified atom stereocenters. The van der Waals surface area contributed by atoms with Crippen molar-refractivity contribution in [3.05, 3.63) is 24.3 Å². The van der Waals surface area contributed by atoms with E-state index in [4.69, 9.17) is 11.6 Å². The fraction of sp³-hybridized carbons (Fsp3) is 0.300. The minimum atomic E-state index is -3.53. The smallest absolute Gasteiger partial charge is 0.321 e. The standard InChI is InChI=1S/C10H12ClN3O3S/c11-7-18(16,17)13-8-2-1-3-9(6-8)14-5-4-12-10(14)15/h1-3,6,13H,4-5,7H2,(H,12,15). The number of benzene rings is 1. The van der Waals surface area contributed by atoms with Crippen LogP contribution in [0.1, 0.15) is 0 Å². The van der Waals surface area contributed by atoms with Crippen LogP contribution in [0.25, 0.3) is 0 Å². The highest BCUT2D eigenvalue weighted by Gasteiger charge is 2.21. The van der Waals surface area contributed by atoms with E-state index < -0.39 is 15.2 Å². The summed E-state index contributed by atoms with van der Waals surface area (Å²) in [5.74, 6) is 0. The van der Waals surface area contributed by atoms with Gasteiger partial charge in [0.1, 0.15) is 5.21 Å². The maximum absolute atomic E-state index is 11.5. The molecule has 1 fully saturated rings. The molecular formula is C10H12ClN3O3S. The molecule has 0 radical (unpaired) electrons. The third-order valence-electron chi connectivity index (χ3n) is 2.43. The van der Waals surface area contributed by atoms with Crippen molar-refractivity contribution >= 4 is 39.0 Å². The topological polar surface area (TPSA) is 78.5 Å². The molecule has 1 heterocycles. The Bertz CT molecular complexity index is 561. The first-order valence-corrected chi connectivity index (χ1v) is 7.42. The van der Waals surface area contributed by atoms with Gasteiger partial charge in [-0.2, -0.15) is 0 Å². The number of nitrogens with one attached hydrogen (secondary N) is 2. The molecule has 6 nitrogen and oxygen atoms in total. The molecule has 98 valence electrons. The van der Waals surface area contributed by atoms with Crippen molar-refractivity contribution in [3.8, 4) is 0 Å². The van der Waals surface area contributed by atoms with Gasteiger partial charge in [-0.3, -0.25) is 9.62 Å². The lowest BCUT2D eigenvalue weighted by molar-refractivity contribution is 0.252. The molecule has 1 saturated heterocycles. The van der Waals surface area contributed by atoms with Crippen LogP contribution < -0.4 is 14.9 Å². The maximum Gasteiger partial charge on any atom is 0.321 e. The van der Waals surface area contributed by atoms with Crippen molar-refractivity contribution < 1.29 is 13.2 Å². The number of alkyl halides is 1. The van der Waals surface area contributed by atoms with Gasteiger partial charge in [0.2, 0.25) is 10.0 Å². The van der Waals surface area contributed by atoms with Crippen LogP contribution in [0, 0.1) is 0 Å². The number of anilines is 2. The summed E-state index contributed by atoms with van der Waals surface area (Å²) in [5, 5.41) is 2.16. The van der Waals surface area contributed by atoms with Crippen LogP contribution in [0.15, 0.2) is 24.3 Å². The first-order valence-electron chi connectivity index (χ1n) is 5.24. The van der Waals surface area contributed by atoms with Crippen LogP contribution in [-0.4, -0.2) is 32.8 Å². The Morgan fingerprint density at radius 3 is 2.83 bits per heavy atom. The lowest BCUT2D eigenvalue weighted by Gasteiger charge is -2.15. The molecule has 0 saturated carbocycles. The van der Waals surface area contributed by atoms with E-state index in [2.05, 4.69) is 10.0 Å². The summed E-state index contributed by atoms with van der Waals surface area (Å²) < 4.78 is 25.0. The van der Waals surface area contributed by atoms with E-state index in [1.54, 1.807) is 29.2 Å². The molecule has 2 N–H and O–H groups in total. The average Bonchev–Trinajstić information content (AvgIpc) is 2.75. The van der Waals surface area contributed by atoms with Crippen molar-refractivity contribution in [1.29, 1.82) is 0 Å². The largest absolute Gasteiger partial charge is 0.336 e. The average molecular weight is 290 g/mol. The van der Waals surface area contributed by atoms with E-state index in [9.17, 15) is 13.2 Å². The number of hydrogen-bond donors (Lipinski definition) is 2. The number of carbonyl (C=O) groups is 1. The van der Waals surface area contributed by atoms with Crippen molar-refractivity contribution in [2.75, 3.05) is 27.9 Å². The summed E-state index contributed by atoms with van der Waals surface area (Å²) in [7, 11) is -3.53. The van der Waals surface area contributed by atoms with Crippen LogP contribution in [0.2, 0.25) is 0 Å². The molecule has 1 aromatic carbocycles. The van der Waals surface area contributed by atoms with Crippen LogP contribution in [0.4, 0.5) is 16.2 Å². The summed E-state index contributed by atoms with van der Waals surface area (Å²) in [6.07, 6.45) is 0. The lowest BCUT2D eigenvalue weighted by atomic mass is 10.2. The van der Waals surface area contributed by atoms with Gasteiger partial charge >= 0.3 is 6.03 Å². The van der Waals surface area contributed by atoms with E-state index in [1.165, 1.54) is 0 Å². The lowest BCUT2D eigenvalue weighted by Crippen LogP contribution is -2.27. The van der Waals surface area contributed by atoms with Gasteiger partial charge in [-0.05, 0) is 18.2 Å². The van der Waals surface area contributed by atoms with Crippen molar-refractivity contribution in [2.45, 2.75) is 0 Å². The maximum atomic E-state index is 11.5. The monoisotopic (exact) mass is 289 g/mol. The van der Waals surface area contributed by atoms with Crippen molar-refractivity contribution in [2.24, 2.45) is 0 Å². The van der Waals surface area contributed by atoms with E-state index in [0.29, 0.717) is 24.5 Å². The van der Waals surface area contributed by atoms with Gasteiger partial charge in [0.05, 0.1) is 5.69 Å². The summed E-state index contributed by atoms with van der Waals surface area (Å²) in [6.45, 7) is 1.14. The van der Waals surface area contributed by atoms with Gasteiger partial charge in [-0.1, -0.05) is 6.07 Å². The predicted octanol–water partition coefficient (Wildman–Crippen LogP) is 1.15. The highest BCUT2D eigenvalue weighted by Crippen LogP contribution is 2.21. The highest BCUT2D eigenvalue weighted by molar-refractivity contribution is 7.93. The zero-order valence-electron chi connectivity index (χ0n) is 9.39. The number of halogens is 1.